The third-order valence-electron chi connectivity index (χ3n) is 4.29. The molecule has 5 nitrogen and oxygen atoms in total. The lowest BCUT2D eigenvalue weighted by atomic mass is 10.1. The number of hydrogen-bond donors (Lipinski definition) is 3. The van der Waals surface area contributed by atoms with Crippen molar-refractivity contribution in [3.8, 4) is 11.1 Å². The summed E-state index contributed by atoms with van der Waals surface area (Å²) in [4.78, 5) is 21.3. The zero-order chi connectivity index (χ0) is 20.6. The number of hydrogen-bond acceptors (Lipinski definition) is 3. The number of alkyl halides is 3. The second-order valence-corrected chi connectivity index (χ2v) is 7.24. The van der Waals surface area contributed by atoms with Gasteiger partial charge in [-0.25, -0.2) is 14.8 Å². The number of H-pyrrole nitrogens is 1. The Hall–Kier alpha value is -3.46. The number of thiophene rings is 1. The molecule has 1 amide bonds. The number of amides is 1. The Labute approximate surface area is 166 Å². The number of carbonyl (C=O) groups excluding carboxylic acids is 1. The van der Waals surface area contributed by atoms with Crippen LogP contribution >= 0.6 is 11.3 Å². The number of benzene rings is 2. The van der Waals surface area contributed by atoms with Gasteiger partial charge in [-0.05, 0) is 23.8 Å². The van der Waals surface area contributed by atoms with E-state index in [2.05, 4.69) is 15.0 Å². The van der Waals surface area contributed by atoms with Gasteiger partial charge >= 0.3 is 12.1 Å². The molecule has 0 aliphatic rings. The van der Waals surface area contributed by atoms with Gasteiger partial charge in [-0.2, -0.15) is 13.2 Å². The van der Waals surface area contributed by atoms with Crippen molar-refractivity contribution in [3.05, 3.63) is 76.2 Å². The normalized spacial score (nSPS) is 12.4. The van der Waals surface area contributed by atoms with E-state index in [9.17, 15) is 18.0 Å². The van der Waals surface area contributed by atoms with Crippen LogP contribution in [0.2, 0.25) is 0 Å². The van der Waals surface area contributed by atoms with Crippen molar-refractivity contribution in [2.45, 2.75) is 6.18 Å². The molecule has 9 heteroatoms. The molecule has 0 saturated carbocycles. The Balaban J connectivity index is 1.75. The van der Waals surface area contributed by atoms with E-state index in [4.69, 9.17) is 5.73 Å². The zero-order valence-electron chi connectivity index (χ0n) is 14.7. The van der Waals surface area contributed by atoms with Crippen LogP contribution < -0.4 is 10.7 Å². The molecule has 4 N–H and O–H groups in total. The SMILES string of the molecule is NC(=[NH+]C(=O)c1cc(-c2ccccc2)c(C(F)(F)F)s1)c1cccc2[nH]cnc12. The molecule has 0 radical (unpaired) electrons. The maximum atomic E-state index is 13.5. The lowest BCUT2D eigenvalue weighted by molar-refractivity contribution is -0.345. The summed E-state index contributed by atoms with van der Waals surface area (Å²) < 4.78 is 40.5. The third-order valence-corrected chi connectivity index (χ3v) is 5.46. The number of halogens is 3. The molecule has 4 aromatic rings. The van der Waals surface area contributed by atoms with E-state index < -0.39 is 17.0 Å². The lowest BCUT2D eigenvalue weighted by Crippen LogP contribution is -2.79. The van der Waals surface area contributed by atoms with Gasteiger partial charge < -0.3 is 4.98 Å². The summed E-state index contributed by atoms with van der Waals surface area (Å²) in [5, 5.41) is 0. The number of nitrogens with two attached hydrogens (primary N) is 1. The number of rotatable bonds is 3. The van der Waals surface area contributed by atoms with Gasteiger partial charge in [-0.3, -0.25) is 5.73 Å². The van der Waals surface area contributed by atoms with Crippen molar-refractivity contribution in [2.75, 3.05) is 0 Å². The first-order chi connectivity index (χ1) is 13.8. The van der Waals surface area contributed by atoms with Crippen molar-refractivity contribution >= 4 is 34.1 Å². The molecule has 0 fully saturated rings. The highest BCUT2D eigenvalue weighted by atomic mass is 32.1. The molecule has 0 spiro atoms. The van der Waals surface area contributed by atoms with Crippen molar-refractivity contribution in [1.29, 1.82) is 0 Å². The van der Waals surface area contributed by atoms with Crippen LogP contribution in [0.15, 0.2) is 60.9 Å². The largest absolute Gasteiger partial charge is 0.426 e. The van der Waals surface area contributed by atoms with E-state index in [1.165, 1.54) is 12.4 Å². The van der Waals surface area contributed by atoms with Crippen LogP contribution in [0.1, 0.15) is 20.1 Å². The molecule has 4 rings (SSSR count). The minimum atomic E-state index is -4.58. The van der Waals surface area contributed by atoms with Gasteiger partial charge in [-0.1, -0.05) is 36.4 Å². The molecule has 0 bridgehead atoms. The topological polar surface area (TPSA) is 85.7 Å². The number of amidine groups is 1. The summed E-state index contributed by atoms with van der Waals surface area (Å²) >= 11 is 0.384. The molecule has 146 valence electrons. The van der Waals surface area contributed by atoms with Gasteiger partial charge in [0, 0.05) is 5.56 Å². The first kappa shape index (κ1) is 18.9. The summed E-state index contributed by atoms with van der Waals surface area (Å²) in [5.74, 6) is -0.705. The molecular weight excluding hydrogens is 401 g/mol. The zero-order valence-corrected chi connectivity index (χ0v) is 15.6. The van der Waals surface area contributed by atoms with Crippen LogP contribution in [0, 0.1) is 0 Å². The number of nitrogens with one attached hydrogen (secondary N) is 2. The van der Waals surface area contributed by atoms with Crippen LogP contribution in [-0.2, 0) is 6.18 Å². The molecule has 0 saturated heterocycles. The monoisotopic (exact) mass is 415 g/mol. The van der Waals surface area contributed by atoms with Crippen molar-refractivity contribution in [2.24, 2.45) is 5.73 Å². The number of aromatic amines is 1. The second kappa shape index (κ2) is 7.17. The Morgan fingerprint density at radius 1 is 1.10 bits per heavy atom. The molecule has 0 aliphatic carbocycles. The Morgan fingerprint density at radius 3 is 2.59 bits per heavy atom. The molecule has 2 aromatic carbocycles. The van der Waals surface area contributed by atoms with Gasteiger partial charge in [0.1, 0.15) is 15.3 Å². The van der Waals surface area contributed by atoms with Crippen LogP contribution in [0.4, 0.5) is 13.2 Å². The third kappa shape index (κ3) is 3.64. The fraction of sp³-hybridized carbons (Fsp3) is 0.0500. The van der Waals surface area contributed by atoms with Crippen LogP contribution in [0.25, 0.3) is 22.2 Å². The predicted octanol–water partition coefficient (Wildman–Crippen LogP) is 2.94. The highest BCUT2D eigenvalue weighted by Crippen LogP contribution is 2.42. The van der Waals surface area contributed by atoms with Crippen molar-refractivity contribution < 1.29 is 23.0 Å². The summed E-state index contributed by atoms with van der Waals surface area (Å²) in [7, 11) is 0. The summed E-state index contributed by atoms with van der Waals surface area (Å²) in [6.45, 7) is 0. The van der Waals surface area contributed by atoms with Crippen LogP contribution in [-0.4, -0.2) is 21.7 Å². The summed E-state index contributed by atoms with van der Waals surface area (Å²) in [6.07, 6.45) is -3.09. The summed E-state index contributed by atoms with van der Waals surface area (Å²) in [5.41, 5.74) is 8.11. The second-order valence-electron chi connectivity index (χ2n) is 6.19. The fourth-order valence-electron chi connectivity index (χ4n) is 2.98. The van der Waals surface area contributed by atoms with Gasteiger partial charge in [0.15, 0.2) is 0 Å². The molecule has 2 aromatic heterocycles. The molecule has 0 atom stereocenters. The number of nitrogens with zero attached hydrogens (tertiary/aromatic N) is 1. The van der Waals surface area contributed by atoms with E-state index in [0.29, 0.717) is 28.0 Å². The smallest absolute Gasteiger partial charge is 0.345 e. The van der Waals surface area contributed by atoms with Crippen LogP contribution in [0.3, 0.4) is 0 Å². The Kier molecular flexibility index (Phi) is 4.67. The number of para-hydroxylation sites is 1. The van der Waals surface area contributed by atoms with E-state index in [0.717, 1.165) is 5.52 Å². The van der Waals surface area contributed by atoms with Gasteiger partial charge in [0.25, 0.3) is 5.84 Å². The number of imidazole rings is 1. The number of aromatic nitrogens is 2. The average molecular weight is 415 g/mol. The van der Waals surface area contributed by atoms with E-state index in [-0.39, 0.29) is 16.3 Å². The maximum Gasteiger partial charge on any atom is 0.426 e. The molecule has 0 unspecified atom stereocenters. The lowest BCUT2D eigenvalue weighted by Gasteiger charge is -2.07. The molecule has 29 heavy (non-hydrogen) atoms. The summed E-state index contributed by atoms with van der Waals surface area (Å²) in [6, 6.07) is 14.6. The molecule has 0 aliphatic heterocycles. The quantitative estimate of drug-likeness (QED) is 0.355. The highest BCUT2D eigenvalue weighted by molar-refractivity contribution is 7.14. The van der Waals surface area contributed by atoms with E-state index in [1.807, 2.05) is 0 Å². The standard InChI is InChI=1S/C20H13F3N4OS/c21-20(22,23)17-13(11-5-2-1-3-6-11)9-15(29-17)19(28)27-18(24)12-7-4-8-14-16(12)26-10-25-14/h1-10H,(H,25,26)(H2,24,27,28)/p+1. The molecule has 2 heterocycles. The van der Waals surface area contributed by atoms with Gasteiger partial charge in [0.2, 0.25) is 0 Å². The van der Waals surface area contributed by atoms with Gasteiger partial charge in [0.05, 0.1) is 17.4 Å². The van der Waals surface area contributed by atoms with Crippen molar-refractivity contribution in [1.82, 2.24) is 9.97 Å². The van der Waals surface area contributed by atoms with Crippen LogP contribution in [0.5, 0.6) is 0 Å². The van der Waals surface area contributed by atoms with E-state index >= 15 is 0 Å². The minimum Gasteiger partial charge on any atom is -0.345 e. The fourth-order valence-corrected chi connectivity index (χ4v) is 3.92. The first-order valence-electron chi connectivity index (χ1n) is 8.47. The number of carbonyl (C=O) groups is 1. The highest BCUT2D eigenvalue weighted by Gasteiger charge is 2.37. The number of nitrogen functional groups attached to an aromatic ring is 1. The Morgan fingerprint density at radius 2 is 1.86 bits per heavy atom. The average Bonchev–Trinajstić information content (AvgIpc) is 3.35. The Bertz CT molecular complexity index is 1230. The molecular formula is C20H14F3N4OS+. The van der Waals surface area contributed by atoms with Crippen molar-refractivity contribution in [3.63, 3.8) is 0 Å². The van der Waals surface area contributed by atoms with E-state index in [1.54, 1.807) is 48.5 Å². The minimum absolute atomic E-state index is 0.0101. The number of fused-ring (bicyclic) bond motifs is 1. The maximum absolute atomic E-state index is 13.5. The van der Waals surface area contributed by atoms with Gasteiger partial charge in [-0.15, -0.1) is 11.3 Å². The first-order valence-corrected chi connectivity index (χ1v) is 9.29. The predicted molar refractivity (Wildman–Crippen MR) is 104 cm³/mol.